The predicted molar refractivity (Wildman–Crippen MR) is 62.3 cm³/mol. The lowest BCUT2D eigenvalue weighted by Crippen LogP contribution is -1.92. The highest BCUT2D eigenvalue weighted by Gasteiger charge is 2.10. The molecule has 0 spiro atoms. The van der Waals surface area contributed by atoms with Crippen LogP contribution >= 0.6 is 22.9 Å². The van der Waals surface area contributed by atoms with Gasteiger partial charge in [0.1, 0.15) is 5.82 Å². The first-order valence-corrected chi connectivity index (χ1v) is 5.87. The lowest BCUT2D eigenvalue weighted by Gasteiger charge is -2.02. The van der Waals surface area contributed by atoms with Crippen LogP contribution in [0, 0.1) is 5.82 Å². The van der Waals surface area contributed by atoms with Crippen LogP contribution in [0.15, 0.2) is 24.4 Å². The number of hydrogen-bond donors (Lipinski definition) is 1. The first kappa shape index (κ1) is 11.5. The Morgan fingerprint density at radius 1 is 1.44 bits per heavy atom. The first-order valence-electron chi connectivity index (χ1n) is 4.68. The molecule has 0 aliphatic heterocycles. The monoisotopic (exact) mass is 257 g/mol. The Bertz CT molecular complexity index is 480. The van der Waals surface area contributed by atoms with Crippen molar-refractivity contribution >= 4 is 22.9 Å². The summed E-state index contributed by atoms with van der Waals surface area (Å²) >= 11 is 7.27. The van der Waals surface area contributed by atoms with Crippen molar-refractivity contribution in [3.8, 4) is 0 Å². The van der Waals surface area contributed by atoms with Gasteiger partial charge in [0.15, 0.2) is 0 Å². The molecular formula is C11H9ClFNOS. The molecule has 1 heterocycles. The number of thiazole rings is 1. The third-order valence-corrected chi connectivity index (χ3v) is 3.48. The SMILES string of the molecule is OCc1cnc(Cc2c(F)cccc2Cl)s1. The molecular weight excluding hydrogens is 249 g/mol. The fourth-order valence-electron chi connectivity index (χ4n) is 1.36. The van der Waals surface area contributed by atoms with Crippen LogP contribution < -0.4 is 0 Å². The van der Waals surface area contributed by atoms with Gasteiger partial charge in [0.25, 0.3) is 0 Å². The molecule has 0 radical (unpaired) electrons. The van der Waals surface area contributed by atoms with Crippen LogP contribution in [0.25, 0.3) is 0 Å². The lowest BCUT2D eigenvalue weighted by atomic mass is 10.1. The summed E-state index contributed by atoms with van der Waals surface area (Å²) in [6.45, 7) is -0.0390. The topological polar surface area (TPSA) is 33.1 Å². The lowest BCUT2D eigenvalue weighted by molar-refractivity contribution is 0.285. The van der Waals surface area contributed by atoms with E-state index in [9.17, 15) is 4.39 Å². The van der Waals surface area contributed by atoms with Crippen molar-refractivity contribution in [3.63, 3.8) is 0 Å². The third kappa shape index (κ3) is 2.40. The van der Waals surface area contributed by atoms with Gasteiger partial charge < -0.3 is 5.11 Å². The Labute approximate surface area is 101 Å². The Hall–Kier alpha value is -0.970. The zero-order valence-corrected chi connectivity index (χ0v) is 9.85. The molecule has 0 saturated heterocycles. The van der Waals surface area contributed by atoms with E-state index in [-0.39, 0.29) is 12.4 Å². The van der Waals surface area contributed by atoms with Crippen LogP contribution in [-0.4, -0.2) is 10.1 Å². The van der Waals surface area contributed by atoms with E-state index in [2.05, 4.69) is 4.98 Å². The second-order valence-corrected chi connectivity index (χ2v) is 4.86. The molecule has 0 saturated carbocycles. The van der Waals surface area contributed by atoms with Crippen molar-refractivity contribution in [2.24, 2.45) is 0 Å². The molecule has 1 aromatic carbocycles. The smallest absolute Gasteiger partial charge is 0.128 e. The maximum Gasteiger partial charge on any atom is 0.128 e. The summed E-state index contributed by atoms with van der Waals surface area (Å²) in [6, 6.07) is 4.60. The molecule has 2 nitrogen and oxygen atoms in total. The van der Waals surface area contributed by atoms with E-state index in [0.717, 1.165) is 9.88 Å². The molecule has 16 heavy (non-hydrogen) atoms. The predicted octanol–water partition coefficient (Wildman–Crippen LogP) is 3.02. The summed E-state index contributed by atoms with van der Waals surface area (Å²) in [5, 5.41) is 10.0. The minimum absolute atomic E-state index is 0.0390. The van der Waals surface area contributed by atoms with Crippen molar-refractivity contribution in [2.45, 2.75) is 13.0 Å². The van der Waals surface area contributed by atoms with Crippen LogP contribution in [0.3, 0.4) is 0 Å². The maximum atomic E-state index is 13.5. The van der Waals surface area contributed by atoms with Crippen molar-refractivity contribution in [2.75, 3.05) is 0 Å². The van der Waals surface area contributed by atoms with E-state index in [1.165, 1.54) is 17.4 Å². The standard InChI is InChI=1S/C11H9ClFNOS/c12-9-2-1-3-10(13)8(9)4-11-14-5-7(6-15)16-11/h1-3,5,15H,4,6H2. The molecule has 5 heteroatoms. The van der Waals surface area contributed by atoms with Gasteiger partial charge >= 0.3 is 0 Å². The number of benzene rings is 1. The molecule has 2 rings (SSSR count). The number of nitrogens with zero attached hydrogens (tertiary/aromatic N) is 1. The zero-order valence-electron chi connectivity index (χ0n) is 8.28. The number of halogens is 2. The number of aliphatic hydroxyl groups is 1. The van der Waals surface area contributed by atoms with Crippen molar-refractivity contribution in [1.29, 1.82) is 0 Å². The summed E-state index contributed by atoms with van der Waals surface area (Å²) < 4.78 is 13.5. The Kier molecular flexibility index (Phi) is 3.53. The van der Waals surface area contributed by atoms with Gasteiger partial charge in [0.2, 0.25) is 0 Å². The van der Waals surface area contributed by atoms with E-state index in [0.29, 0.717) is 17.0 Å². The van der Waals surface area contributed by atoms with Gasteiger partial charge in [-0.3, -0.25) is 0 Å². The van der Waals surface area contributed by atoms with E-state index < -0.39 is 0 Å². The van der Waals surface area contributed by atoms with Gasteiger partial charge in [-0.25, -0.2) is 9.37 Å². The Morgan fingerprint density at radius 2 is 2.25 bits per heavy atom. The quantitative estimate of drug-likeness (QED) is 0.917. The molecule has 2 aromatic rings. The summed E-state index contributed by atoms with van der Waals surface area (Å²) in [7, 11) is 0. The highest BCUT2D eigenvalue weighted by molar-refractivity contribution is 7.11. The highest BCUT2D eigenvalue weighted by Crippen LogP contribution is 2.24. The number of rotatable bonds is 3. The van der Waals surface area contributed by atoms with Crippen molar-refractivity contribution in [1.82, 2.24) is 4.98 Å². The molecule has 0 aliphatic carbocycles. The minimum Gasteiger partial charge on any atom is -0.391 e. The number of aliphatic hydroxyl groups excluding tert-OH is 1. The van der Waals surface area contributed by atoms with Crippen LogP contribution in [0.5, 0.6) is 0 Å². The fraction of sp³-hybridized carbons (Fsp3) is 0.182. The molecule has 0 unspecified atom stereocenters. The largest absolute Gasteiger partial charge is 0.391 e. The van der Waals surface area contributed by atoms with Crippen molar-refractivity contribution in [3.05, 3.63) is 50.7 Å². The average Bonchev–Trinajstić information content (AvgIpc) is 2.71. The van der Waals surface area contributed by atoms with Gasteiger partial charge in [-0.15, -0.1) is 11.3 Å². The van der Waals surface area contributed by atoms with Crippen LogP contribution in [-0.2, 0) is 13.0 Å². The van der Waals surface area contributed by atoms with Gasteiger partial charge in [-0.05, 0) is 12.1 Å². The Morgan fingerprint density at radius 3 is 2.88 bits per heavy atom. The summed E-state index contributed by atoms with van der Waals surface area (Å²) in [6.07, 6.45) is 1.95. The number of aromatic nitrogens is 1. The summed E-state index contributed by atoms with van der Waals surface area (Å²) in [5.41, 5.74) is 0.447. The fourth-order valence-corrected chi connectivity index (χ4v) is 2.38. The first-order chi connectivity index (χ1) is 7.70. The second-order valence-electron chi connectivity index (χ2n) is 3.26. The molecule has 1 N–H and O–H groups in total. The van der Waals surface area contributed by atoms with E-state index >= 15 is 0 Å². The van der Waals surface area contributed by atoms with Crippen LogP contribution in [0.1, 0.15) is 15.4 Å². The normalized spacial score (nSPS) is 10.7. The summed E-state index contributed by atoms with van der Waals surface area (Å²) in [4.78, 5) is 4.86. The zero-order chi connectivity index (χ0) is 11.5. The molecule has 0 atom stereocenters. The van der Waals surface area contributed by atoms with E-state index in [4.69, 9.17) is 16.7 Å². The molecule has 0 bridgehead atoms. The molecule has 84 valence electrons. The molecule has 0 fully saturated rings. The Balaban J connectivity index is 2.26. The number of hydrogen-bond acceptors (Lipinski definition) is 3. The molecule has 0 aliphatic rings. The van der Waals surface area contributed by atoms with Gasteiger partial charge in [0, 0.05) is 23.2 Å². The van der Waals surface area contributed by atoms with Crippen LogP contribution in [0.4, 0.5) is 4.39 Å². The highest BCUT2D eigenvalue weighted by atomic mass is 35.5. The third-order valence-electron chi connectivity index (χ3n) is 2.15. The van der Waals surface area contributed by atoms with Crippen molar-refractivity contribution < 1.29 is 9.50 Å². The maximum absolute atomic E-state index is 13.5. The van der Waals surface area contributed by atoms with Gasteiger partial charge in [-0.1, -0.05) is 17.7 Å². The van der Waals surface area contributed by atoms with E-state index in [1.54, 1.807) is 18.3 Å². The van der Waals surface area contributed by atoms with Gasteiger partial charge in [0.05, 0.1) is 16.5 Å². The minimum atomic E-state index is -0.326. The van der Waals surface area contributed by atoms with E-state index in [1.807, 2.05) is 0 Å². The van der Waals surface area contributed by atoms with Gasteiger partial charge in [-0.2, -0.15) is 0 Å². The van der Waals surface area contributed by atoms with Crippen LogP contribution in [0.2, 0.25) is 5.02 Å². The summed E-state index contributed by atoms with van der Waals surface area (Å²) in [5.74, 6) is -0.326. The average molecular weight is 258 g/mol. The second kappa shape index (κ2) is 4.91. The molecule has 0 amide bonds. The molecule has 1 aromatic heterocycles.